The van der Waals surface area contributed by atoms with Crippen LogP contribution >= 0.6 is 0 Å². The van der Waals surface area contributed by atoms with Gasteiger partial charge in [-0.25, -0.2) is 8.42 Å². The lowest BCUT2D eigenvalue weighted by Gasteiger charge is -2.34. The SMILES string of the molecule is CC(=O)NCCNC(=O)CNc1ccc(C=CS(=O)(=O)N2CCC3(CC2)N=C(C2CCCCC2)NC3=O)c(C(F)(F)F)c1. The molecule has 1 saturated heterocycles. The summed E-state index contributed by atoms with van der Waals surface area (Å²) in [7, 11) is -4.08. The van der Waals surface area contributed by atoms with Gasteiger partial charge in [-0.15, -0.1) is 0 Å². The summed E-state index contributed by atoms with van der Waals surface area (Å²) in [5, 5.41) is 11.3. The third-order valence-corrected chi connectivity index (χ3v) is 9.52. The number of carbonyl (C=O) groups is 3. The maximum absolute atomic E-state index is 13.9. The molecular weight excluding hydrogens is 589 g/mol. The molecule has 4 rings (SSSR count). The van der Waals surface area contributed by atoms with Gasteiger partial charge in [0.25, 0.3) is 5.91 Å². The average molecular weight is 627 g/mol. The fourth-order valence-electron chi connectivity index (χ4n) is 5.55. The molecule has 0 unspecified atom stereocenters. The zero-order valence-corrected chi connectivity index (χ0v) is 24.7. The molecule has 4 N–H and O–H groups in total. The third-order valence-electron chi connectivity index (χ3n) is 7.95. The summed E-state index contributed by atoms with van der Waals surface area (Å²) in [6.07, 6.45) is 1.76. The molecule has 0 bridgehead atoms. The zero-order valence-electron chi connectivity index (χ0n) is 23.9. The highest BCUT2D eigenvalue weighted by Crippen LogP contribution is 2.36. The monoisotopic (exact) mass is 626 g/mol. The molecule has 1 spiro atoms. The van der Waals surface area contributed by atoms with Gasteiger partial charge >= 0.3 is 6.18 Å². The summed E-state index contributed by atoms with van der Waals surface area (Å²) in [6, 6.07) is 3.25. The van der Waals surface area contributed by atoms with Crippen LogP contribution in [0.5, 0.6) is 0 Å². The summed E-state index contributed by atoms with van der Waals surface area (Å²) in [6.45, 7) is 1.43. The van der Waals surface area contributed by atoms with Crippen LogP contribution in [0.4, 0.5) is 18.9 Å². The van der Waals surface area contributed by atoms with Gasteiger partial charge in [0.2, 0.25) is 21.8 Å². The maximum Gasteiger partial charge on any atom is 0.417 e. The van der Waals surface area contributed by atoms with E-state index in [4.69, 9.17) is 4.99 Å². The molecule has 2 fully saturated rings. The second-order valence-electron chi connectivity index (χ2n) is 11.1. The van der Waals surface area contributed by atoms with E-state index >= 15 is 0 Å². The van der Waals surface area contributed by atoms with Crippen LogP contribution < -0.4 is 21.3 Å². The van der Waals surface area contributed by atoms with E-state index in [2.05, 4.69) is 21.3 Å². The quantitative estimate of drug-likeness (QED) is 0.294. The Balaban J connectivity index is 1.38. The van der Waals surface area contributed by atoms with Crippen LogP contribution in [0.2, 0.25) is 0 Å². The number of piperidine rings is 1. The van der Waals surface area contributed by atoms with Crippen LogP contribution in [-0.2, 0) is 30.6 Å². The largest absolute Gasteiger partial charge is 0.417 e. The highest BCUT2D eigenvalue weighted by atomic mass is 32.2. The van der Waals surface area contributed by atoms with E-state index in [1.165, 1.54) is 13.0 Å². The van der Waals surface area contributed by atoms with Gasteiger partial charge in [-0.05, 0) is 49.5 Å². The van der Waals surface area contributed by atoms with Crippen molar-refractivity contribution in [2.24, 2.45) is 10.9 Å². The average Bonchev–Trinajstić information content (AvgIpc) is 3.28. The van der Waals surface area contributed by atoms with Crippen molar-refractivity contribution in [3.8, 4) is 0 Å². The Morgan fingerprint density at radius 2 is 1.79 bits per heavy atom. The van der Waals surface area contributed by atoms with Crippen molar-refractivity contribution in [3.63, 3.8) is 0 Å². The number of carbonyl (C=O) groups excluding carboxylic acids is 3. The van der Waals surface area contributed by atoms with Crippen LogP contribution in [0.3, 0.4) is 0 Å². The van der Waals surface area contributed by atoms with Crippen molar-refractivity contribution in [1.29, 1.82) is 0 Å². The number of hydrogen-bond acceptors (Lipinski definition) is 7. The van der Waals surface area contributed by atoms with Gasteiger partial charge in [0, 0.05) is 50.1 Å². The second kappa shape index (κ2) is 13.5. The summed E-state index contributed by atoms with van der Waals surface area (Å²) in [5.74, 6) is -0.0464. The number of alkyl halides is 3. The van der Waals surface area contributed by atoms with Crippen molar-refractivity contribution in [3.05, 3.63) is 34.7 Å². The number of amidine groups is 1. The number of amides is 3. The van der Waals surface area contributed by atoms with Gasteiger partial charge in [0.1, 0.15) is 11.4 Å². The van der Waals surface area contributed by atoms with Gasteiger partial charge < -0.3 is 21.3 Å². The maximum atomic E-state index is 13.9. The highest BCUT2D eigenvalue weighted by Gasteiger charge is 2.48. The molecule has 0 atom stereocenters. The van der Waals surface area contributed by atoms with Crippen molar-refractivity contribution < 1.29 is 36.0 Å². The molecule has 15 heteroatoms. The first-order valence-electron chi connectivity index (χ1n) is 14.3. The third kappa shape index (κ3) is 8.34. The molecule has 236 valence electrons. The first kappa shape index (κ1) is 32.5. The Kier molecular flexibility index (Phi) is 10.2. The van der Waals surface area contributed by atoms with Gasteiger partial charge in [0.15, 0.2) is 0 Å². The molecule has 43 heavy (non-hydrogen) atoms. The van der Waals surface area contributed by atoms with Gasteiger partial charge in [-0.2, -0.15) is 17.5 Å². The minimum Gasteiger partial charge on any atom is -0.376 e. The molecule has 2 aliphatic heterocycles. The zero-order chi connectivity index (χ0) is 31.3. The number of aliphatic imine (C=N–C) groups is 1. The smallest absolute Gasteiger partial charge is 0.376 e. The summed E-state index contributed by atoms with van der Waals surface area (Å²) in [4.78, 5) is 40.4. The van der Waals surface area contributed by atoms with E-state index in [9.17, 15) is 36.0 Å². The van der Waals surface area contributed by atoms with Gasteiger partial charge in [-0.3, -0.25) is 19.4 Å². The molecule has 1 aromatic rings. The fraction of sp³-hybridized carbons (Fsp3) is 0.571. The topological polar surface area (TPSA) is 149 Å². The number of benzene rings is 1. The molecular formula is C28H37F3N6O5S. The lowest BCUT2D eigenvalue weighted by molar-refractivity contribution is -0.137. The standard InChI is InChI=1S/C28H37F3N6O5S/c1-19(38)32-12-13-33-24(39)18-34-22-8-7-20(23(17-22)28(29,30)31)9-16-43(41,42)37-14-10-27(11-15-37)26(40)35-25(36-27)21-5-3-2-4-6-21/h7-9,16-17,21,34H,2-6,10-15,18H2,1H3,(H,32,38)(H,33,39)(H,35,36,40). The molecule has 0 aromatic heterocycles. The Morgan fingerprint density at radius 1 is 1.12 bits per heavy atom. The van der Waals surface area contributed by atoms with Crippen LogP contribution in [0.15, 0.2) is 28.6 Å². The Hall–Kier alpha value is -3.46. The lowest BCUT2D eigenvalue weighted by atomic mass is 9.88. The first-order valence-corrected chi connectivity index (χ1v) is 15.9. The summed E-state index contributed by atoms with van der Waals surface area (Å²) < 4.78 is 68.8. The number of halogens is 3. The van der Waals surface area contributed by atoms with Gasteiger partial charge in [-0.1, -0.05) is 25.3 Å². The number of sulfonamides is 1. The van der Waals surface area contributed by atoms with E-state index in [0.29, 0.717) is 5.84 Å². The molecule has 1 saturated carbocycles. The molecule has 2 heterocycles. The Labute approximate surface area is 248 Å². The van der Waals surface area contributed by atoms with E-state index in [0.717, 1.165) is 60.0 Å². The van der Waals surface area contributed by atoms with Crippen LogP contribution in [0, 0.1) is 5.92 Å². The van der Waals surface area contributed by atoms with Crippen molar-refractivity contribution >= 4 is 45.3 Å². The second-order valence-corrected chi connectivity index (χ2v) is 12.9. The minimum absolute atomic E-state index is 0.0173. The van der Waals surface area contributed by atoms with Crippen LogP contribution in [0.1, 0.15) is 63.0 Å². The number of nitrogens with zero attached hydrogens (tertiary/aromatic N) is 2. The van der Waals surface area contributed by atoms with E-state index in [1.54, 1.807) is 0 Å². The summed E-state index contributed by atoms with van der Waals surface area (Å²) >= 11 is 0. The molecule has 11 nitrogen and oxygen atoms in total. The van der Waals surface area contributed by atoms with Crippen LogP contribution in [-0.4, -0.2) is 74.5 Å². The van der Waals surface area contributed by atoms with Crippen LogP contribution in [0.25, 0.3) is 6.08 Å². The number of rotatable bonds is 10. The first-order chi connectivity index (χ1) is 20.3. The van der Waals surface area contributed by atoms with Crippen molar-refractivity contribution in [2.75, 3.05) is 38.0 Å². The Morgan fingerprint density at radius 3 is 2.44 bits per heavy atom. The minimum atomic E-state index is -4.79. The predicted octanol–water partition coefficient (Wildman–Crippen LogP) is 2.61. The number of nitrogens with one attached hydrogen (secondary N) is 4. The number of hydrogen-bond donors (Lipinski definition) is 4. The van der Waals surface area contributed by atoms with Crippen molar-refractivity contribution in [1.82, 2.24) is 20.3 Å². The molecule has 0 radical (unpaired) electrons. The predicted molar refractivity (Wildman–Crippen MR) is 155 cm³/mol. The highest BCUT2D eigenvalue weighted by molar-refractivity contribution is 7.92. The van der Waals surface area contributed by atoms with E-state index in [-0.39, 0.29) is 74.5 Å². The van der Waals surface area contributed by atoms with E-state index in [1.807, 2.05) is 0 Å². The molecule has 3 amide bonds. The number of anilines is 1. The molecule has 3 aliphatic rings. The molecule has 1 aromatic carbocycles. The van der Waals surface area contributed by atoms with E-state index < -0.39 is 33.2 Å². The lowest BCUT2D eigenvalue weighted by Crippen LogP contribution is -2.50. The summed E-state index contributed by atoms with van der Waals surface area (Å²) in [5.41, 5.74) is -2.41. The van der Waals surface area contributed by atoms with Crippen molar-refractivity contribution in [2.45, 2.75) is 63.6 Å². The molecule has 1 aliphatic carbocycles. The van der Waals surface area contributed by atoms with Gasteiger partial charge in [0.05, 0.1) is 12.1 Å². The Bertz CT molecular complexity index is 1380. The fourth-order valence-corrected chi connectivity index (χ4v) is 6.73. The normalized spacial score (nSPS) is 19.7.